The molecule has 3 heterocycles. The average molecular weight is 434 g/mol. The van der Waals surface area contributed by atoms with Crippen LogP contribution in [0.2, 0.25) is 0 Å². The van der Waals surface area contributed by atoms with Gasteiger partial charge >= 0.3 is 0 Å². The molecule has 2 N–H and O–H groups in total. The van der Waals surface area contributed by atoms with Crippen molar-refractivity contribution in [3.8, 4) is 0 Å². The summed E-state index contributed by atoms with van der Waals surface area (Å²) in [6.07, 6.45) is 3.22. The lowest BCUT2D eigenvalue weighted by Gasteiger charge is -2.34. The molecule has 2 aromatic heterocycles. The molecule has 2 aromatic carbocycles. The van der Waals surface area contributed by atoms with Gasteiger partial charge in [0.15, 0.2) is 0 Å². The number of nitrogens with two attached hydrogens (primary N) is 1. The molecule has 1 saturated heterocycles. The number of amides is 1. The van der Waals surface area contributed by atoms with Crippen LogP contribution in [-0.4, -0.2) is 31.9 Å². The number of benzene rings is 2. The monoisotopic (exact) mass is 433 g/mol. The number of primary amides is 1. The number of aromatic nitrogens is 3. The number of rotatable bonds is 5. The molecular formula is C23H23N5O2S. The van der Waals surface area contributed by atoms with Crippen molar-refractivity contribution in [3.05, 3.63) is 69.7 Å². The molecule has 5 rings (SSSR count). The number of hydrogen-bond acceptors (Lipinski definition) is 6. The number of carbonyl (C=O) groups excluding carboxylic acids is 1. The molecule has 31 heavy (non-hydrogen) atoms. The maximum Gasteiger partial charge on any atom is 0.261 e. The first kappa shape index (κ1) is 19.8. The van der Waals surface area contributed by atoms with Crippen LogP contribution in [0.15, 0.2) is 53.3 Å². The van der Waals surface area contributed by atoms with Crippen LogP contribution in [0.3, 0.4) is 0 Å². The van der Waals surface area contributed by atoms with Gasteiger partial charge in [-0.2, -0.15) is 0 Å². The number of para-hydroxylation sites is 2. The van der Waals surface area contributed by atoms with Crippen molar-refractivity contribution < 1.29 is 4.79 Å². The van der Waals surface area contributed by atoms with E-state index in [1.54, 1.807) is 23.5 Å². The zero-order chi connectivity index (χ0) is 21.4. The van der Waals surface area contributed by atoms with E-state index in [1.165, 1.54) is 9.27 Å². The number of fused-ring (bicyclic) bond motifs is 2. The molecule has 0 aliphatic carbocycles. The van der Waals surface area contributed by atoms with E-state index in [-0.39, 0.29) is 18.1 Å². The van der Waals surface area contributed by atoms with E-state index >= 15 is 0 Å². The first-order valence-corrected chi connectivity index (χ1v) is 11.3. The Labute approximate surface area is 183 Å². The fraction of sp³-hybridized carbons (Fsp3) is 0.304. The van der Waals surface area contributed by atoms with Crippen molar-refractivity contribution in [3.63, 3.8) is 0 Å². The van der Waals surface area contributed by atoms with Gasteiger partial charge in [-0.15, -0.1) is 11.3 Å². The van der Waals surface area contributed by atoms with Crippen molar-refractivity contribution >= 4 is 38.4 Å². The molecule has 8 heteroatoms. The Hall–Kier alpha value is -3.10. The van der Waals surface area contributed by atoms with Gasteiger partial charge in [0.2, 0.25) is 5.91 Å². The van der Waals surface area contributed by atoms with Crippen LogP contribution >= 0.6 is 11.3 Å². The molecule has 4 aromatic rings. The van der Waals surface area contributed by atoms with Crippen molar-refractivity contribution in [1.82, 2.24) is 19.4 Å². The maximum absolute atomic E-state index is 13.1. The molecule has 158 valence electrons. The highest BCUT2D eigenvalue weighted by molar-refractivity contribution is 7.18. The van der Waals surface area contributed by atoms with Crippen molar-refractivity contribution in [2.24, 2.45) is 5.73 Å². The lowest BCUT2D eigenvalue weighted by molar-refractivity contribution is -0.118. The lowest BCUT2D eigenvalue weighted by atomic mass is 10.0. The summed E-state index contributed by atoms with van der Waals surface area (Å²) in [5, 5.41) is 1.58. The molecule has 0 unspecified atom stereocenters. The van der Waals surface area contributed by atoms with Crippen LogP contribution < -0.4 is 11.3 Å². The van der Waals surface area contributed by atoms with Gasteiger partial charge in [-0.05, 0) is 43.7 Å². The smallest absolute Gasteiger partial charge is 0.261 e. The Bertz CT molecular complexity index is 1300. The lowest BCUT2D eigenvalue weighted by Crippen LogP contribution is -2.37. The van der Waals surface area contributed by atoms with Crippen molar-refractivity contribution in [2.45, 2.75) is 38.4 Å². The maximum atomic E-state index is 13.1. The summed E-state index contributed by atoms with van der Waals surface area (Å²) in [5.41, 5.74) is 6.88. The number of nitrogens with zero attached hydrogens (tertiary/aromatic N) is 4. The minimum atomic E-state index is -0.554. The number of hydrogen-bond donors (Lipinski definition) is 1. The first-order chi connectivity index (χ1) is 15.1. The number of carbonyl (C=O) groups is 1. The summed E-state index contributed by atoms with van der Waals surface area (Å²) >= 11 is 1.72. The molecule has 7 nitrogen and oxygen atoms in total. The van der Waals surface area contributed by atoms with Gasteiger partial charge in [-0.25, -0.2) is 9.97 Å². The van der Waals surface area contributed by atoms with Crippen LogP contribution in [0.4, 0.5) is 0 Å². The van der Waals surface area contributed by atoms with Crippen LogP contribution in [0, 0.1) is 0 Å². The van der Waals surface area contributed by atoms with Gasteiger partial charge in [0, 0.05) is 0 Å². The van der Waals surface area contributed by atoms with E-state index in [2.05, 4.69) is 11.0 Å². The molecule has 1 amide bonds. The average Bonchev–Trinajstić information content (AvgIpc) is 3.21. The summed E-state index contributed by atoms with van der Waals surface area (Å²) in [6, 6.07) is 15.6. The minimum absolute atomic E-state index is 0.163. The fourth-order valence-electron chi connectivity index (χ4n) is 4.33. The Morgan fingerprint density at radius 3 is 2.65 bits per heavy atom. The van der Waals surface area contributed by atoms with Crippen LogP contribution in [0.1, 0.15) is 36.1 Å². The minimum Gasteiger partial charge on any atom is -0.368 e. The second kappa shape index (κ2) is 8.20. The third kappa shape index (κ3) is 3.84. The van der Waals surface area contributed by atoms with E-state index in [4.69, 9.17) is 15.7 Å². The molecule has 1 atom stereocenters. The Balaban J connectivity index is 1.55. The zero-order valence-electron chi connectivity index (χ0n) is 17.0. The Morgan fingerprint density at radius 1 is 1.06 bits per heavy atom. The number of thiazole rings is 1. The van der Waals surface area contributed by atoms with E-state index in [0.717, 1.165) is 36.3 Å². The van der Waals surface area contributed by atoms with E-state index in [1.807, 2.05) is 30.3 Å². The molecular weight excluding hydrogens is 410 g/mol. The van der Waals surface area contributed by atoms with Crippen LogP contribution in [0.25, 0.3) is 21.1 Å². The largest absolute Gasteiger partial charge is 0.368 e. The molecule has 1 aliphatic rings. The fourth-order valence-corrected chi connectivity index (χ4v) is 5.46. The van der Waals surface area contributed by atoms with Crippen LogP contribution in [0.5, 0.6) is 0 Å². The van der Waals surface area contributed by atoms with E-state index < -0.39 is 5.91 Å². The van der Waals surface area contributed by atoms with Crippen molar-refractivity contribution in [2.75, 3.05) is 6.54 Å². The van der Waals surface area contributed by atoms with Gasteiger partial charge in [0.1, 0.15) is 17.4 Å². The van der Waals surface area contributed by atoms with Gasteiger partial charge in [0.05, 0.1) is 33.7 Å². The van der Waals surface area contributed by atoms with Gasteiger partial charge in [-0.3, -0.25) is 19.1 Å². The van der Waals surface area contributed by atoms with E-state index in [9.17, 15) is 9.59 Å². The highest BCUT2D eigenvalue weighted by Gasteiger charge is 2.28. The standard InChI is InChI=1S/C23H23N5O2S/c24-20(29)13-28-21(25-16-8-2-1-7-15(16)23(28)30)14-27-12-6-5-10-18(27)22-26-17-9-3-4-11-19(17)31-22/h1-4,7-9,11,18H,5-6,10,12-14H2,(H2,24,29)/t18-/m1/s1. The quantitative estimate of drug-likeness (QED) is 0.522. The third-order valence-corrected chi connectivity index (χ3v) is 6.95. The zero-order valence-corrected chi connectivity index (χ0v) is 17.8. The summed E-state index contributed by atoms with van der Waals surface area (Å²) < 4.78 is 2.60. The van der Waals surface area contributed by atoms with Gasteiger partial charge < -0.3 is 5.73 Å². The highest BCUT2D eigenvalue weighted by atomic mass is 32.1. The van der Waals surface area contributed by atoms with E-state index in [0.29, 0.717) is 23.3 Å². The second-order valence-electron chi connectivity index (χ2n) is 7.90. The summed E-state index contributed by atoms with van der Waals surface area (Å²) in [5.74, 6) is 0.0114. The Morgan fingerprint density at radius 2 is 1.84 bits per heavy atom. The predicted molar refractivity (Wildman–Crippen MR) is 122 cm³/mol. The normalized spacial score (nSPS) is 17.4. The van der Waals surface area contributed by atoms with Gasteiger partial charge in [-0.1, -0.05) is 30.7 Å². The molecule has 0 saturated carbocycles. The topological polar surface area (TPSA) is 94.1 Å². The first-order valence-electron chi connectivity index (χ1n) is 10.5. The van der Waals surface area contributed by atoms with Crippen molar-refractivity contribution in [1.29, 1.82) is 0 Å². The SMILES string of the molecule is NC(=O)Cn1c(CN2CCCC[C@@H]2c2nc3ccccc3s2)nc2ccccc2c1=O. The second-order valence-corrected chi connectivity index (χ2v) is 8.97. The summed E-state index contributed by atoms with van der Waals surface area (Å²) in [7, 11) is 0. The number of piperidine rings is 1. The molecule has 1 aliphatic heterocycles. The summed E-state index contributed by atoms with van der Waals surface area (Å²) in [6.45, 7) is 1.18. The highest BCUT2D eigenvalue weighted by Crippen LogP contribution is 2.36. The molecule has 0 spiro atoms. The number of likely N-dealkylation sites (tertiary alicyclic amines) is 1. The molecule has 0 radical (unpaired) electrons. The Kier molecular flexibility index (Phi) is 5.25. The van der Waals surface area contributed by atoms with Gasteiger partial charge in [0.25, 0.3) is 5.56 Å². The molecule has 0 bridgehead atoms. The van der Waals surface area contributed by atoms with Crippen LogP contribution in [-0.2, 0) is 17.9 Å². The molecule has 1 fully saturated rings. The summed E-state index contributed by atoms with van der Waals surface area (Å²) in [4.78, 5) is 36.7. The predicted octanol–water partition coefficient (Wildman–Crippen LogP) is 3.22. The third-order valence-electron chi connectivity index (χ3n) is 5.81.